The number of rotatable bonds is 6. The molecule has 1 fully saturated rings. The van der Waals surface area contributed by atoms with E-state index >= 15 is 0 Å². The van der Waals surface area contributed by atoms with E-state index in [1.54, 1.807) is 20.9 Å². The fourth-order valence-corrected chi connectivity index (χ4v) is 4.30. The molecule has 0 aromatic heterocycles. The van der Waals surface area contributed by atoms with Crippen LogP contribution in [0.4, 0.5) is 0 Å². The monoisotopic (exact) mass is 396 g/mol. The van der Waals surface area contributed by atoms with E-state index in [0.717, 1.165) is 23.8 Å². The van der Waals surface area contributed by atoms with Gasteiger partial charge in [0.1, 0.15) is 12.4 Å². The number of guanidine groups is 1. The van der Waals surface area contributed by atoms with E-state index in [0.29, 0.717) is 26.2 Å². The largest absolute Gasteiger partial charge is 0.492 e. The summed E-state index contributed by atoms with van der Waals surface area (Å²) in [6, 6.07) is 7.97. The first-order valence-corrected chi connectivity index (χ1v) is 10.8. The maximum Gasteiger partial charge on any atom is 0.193 e. The molecular formula is C19H32N4O3S. The summed E-state index contributed by atoms with van der Waals surface area (Å²) in [6.45, 7) is 6.54. The van der Waals surface area contributed by atoms with Gasteiger partial charge in [0.15, 0.2) is 15.8 Å². The molecule has 0 unspecified atom stereocenters. The fourth-order valence-electron chi connectivity index (χ4n) is 2.93. The second-order valence-corrected chi connectivity index (χ2v) is 10.4. The Labute approximate surface area is 163 Å². The van der Waals surface area contributed by atoms with Crippen molar-refractivity contribution < 1.29 is 13.2 Å². The highest BCUT2D eigenvalue weighted by molar-refractivity contribution is 7.92. The number of sulfone groups is 1. The average molecular weight is 397 g/mol. The van der Waals surface area contributed by atoms with Crippen molar-refractivity contribution in [3.63, 3.8) is 0 Å². The highest BCUT2D eigenvalue weighted by Gasteiger charge is 2.40. The maximum atomic E-state index is 12.2. The van der Waals surface area contributed by atoms with Gasteiger partial charge in [-0.05, 0) is 45.6 Å². The van der Waals surface area contributed by atoms with Gasteiger partial charge in [-0.15, -0.1) is 0 Å². The van der Waals surface area contributed by atoms with Crippen molar-refractivity contribution in [3.8, 4) is 5.75 Å². The molecule has 0 amide bonds. The van der Waals surface area contributed by atoms with Crippen LogP contribution >= 0.6 is 0 Å². The lowest BCUT2D eigenvalue weighted by Crippen LogP contribution is -2.57. The van der Waals surface area contributed by atoms with E-state index in [1.165, 1.54) is 0 Å². The molecule has 1 aromatic carbocycles. The normalized spacial score (nSPS) is 19.2. The van der Waals surface area contributed by atoms with Crippen molar-refractivity contribution in [1.82, 2.24) is 15.1 Å². The number of nitrogens with zero attached hydrogens (tertiary/aromatic N) is 3. The van der Waals surface area contributed by atoms with Crippen LogP contribution in [0, 0.1) is 0 Å². The van der Waals surface area contributed by atoms with E-state index < -0.39 is 14.6 Å². The van der Waals surface area contributed by atoms with Crippen LogP contribution < -0.4 is 10.1 Å². The SMILES string of the molecule is CN=C(NCc1cccc(OCCN(C)C)c1)N1CCS(=O)(=O)C(C)(C)C1. The van der Waals surface area contributed by atoms with Crippen LogP contribution in [0.3, 0.4) is 0 Å². The lowest BCUT2D eigenvalue weighted by atomic mass is 10.2. The van der Waals surface area contributed by atoms with Crippen LogP contribution in [0.1, 0.15) is 19.4 Å². The molecule has 0 aliphatic carbocycles. The Morgan fingerprint density at radius 2 is 2.11 bits per heavy atom. The number of benzene rings is 1. The van der Waals surface area contributed by atoms with Crippen molar-refractivity contribution in [1.29, 1.82) is 0 Å². The Bertz CT molecular complexity index is 760. The Morgan fingerprint density at radius 3 is 2.74 bits per heavy atom. The molecule has 1 aliphatic rings. The van der Waals surface area contributed by atoms with Gasteiger partial charge in [0, 0.05) is 33.2 Å². The summed E-state index contributed by atoms with van der Waals surface area (Å²) in [5.74, 6) is 1.71. The molecule has 1 N–H and O–H groups in total. The standard InChI is InChI=1S/C19H32N4O3S/c1-19(2)15-23(10-12-27(19,24)25)18(20-3)21-14-16-7-6-8-17(13-16)26-11-9-22(4)5/h6-8,13H,9-12,14-15H2,1-5H3,(H,20,21). The van der Waals surface area contributed by atoms with Gasteiger partial charge in [0.05, 0.1) is 10.5 Å². The molecule has 1 aliphatic heterocycles. The van der Waals surface area contributed by atoms with Crippen molar-refractivity contribution >= 4 is 15.8 Å². The van der Waals surface area contributed by atoms with Crippen LogP contribution in [0.2, 0.25) is 0 Å². The molecule has 1 saturated heterocycles. The third-order valence-corrected chi connectivity index (χ3v) is 7.24. The number of ether oxygens (including phenoxy) is 1. The van der Waals surface area contributed by atoms with E-state index in [4.69, 9.17) is 4.74 Å². The zero-order valence-corrected chi connectivity index (χ0v) is 17.8. The van der Waals surface area contributed by atoms with Gasteiger partial charge < -0.3 is 19.9 Å². The molecule has 152 valence electrons. The van der Waals surface area contributed by atoms with E-state index in [2.05, 4.69) is 15.2 Å². The van der Waals surface area contributed by atoms with E-state index in [-0.39, 0.29) is 5.75 Å². The van der Waals surface area contributed by atoms with Crippen LogP contribution in [0.5, 0.6) is 5.75 Å². The van der Waals surface area contributed by atoms with Gasteiger partial charge in [-0.1, -0.05) is 12.1 Å². The van der Waals surface area contributed by atoms with Crippen molar-refractivity contribution in [2.75, 3.05) is 53.1 Å². The van der Waals surface area contributed by atoms with Gasteiger partial charge in [-0.25, -0.2) is 8.42 Å². The quantitative estimate of drug-likeness (QED) is 0.576. The molecule has 2 rings (SSSR count). The van der Waals surface area contributed by atoms with E-state index in [9.17, 15) is 8.42 Å². The van der Waals surface area contributed by atoms with Crippen molar-refractivity contribution in [2.45, 2.75) is 25.1 Å². The first-order chi connectivity index (χ1) is 12.6. The van der Waals surface area contributed by atoms with Crippen LogP contribution in [-0.2, 0) is 16.4 Å². The average Bonchev–Trinajstić information content (AvgIpc) is 2.58. The lowest BCUT2D eigenvalue weighted by molar-refractivity contribution is 0.261. The number of hydrogen-bond acceptors (Lipinski definition) is 5. The summed E-state index contributed by atoms with van der Waals surface area (Å²) in [6.07, 6.45) is 0. The summed E-state index contributed by atoms with van der Waals surface area (Å²) in [5, 5.41) is 3.34. The first kappa shape index (κ1) is 21.5. The van der Waals surface area contributed by atoms with Crippen molar-refractivity contribution in [2.24, 2.45) is 4.99 Å². The molecule has 0 atom stereocenters. The molecule has 27 heavy (non-hydrogen) atoms. The van der Waals surface area contributed by atoms with Gasteiger partial charge in [0.25, 0.3) is 0 Å². The Morgan fingerprint density at radius 1 is 1.37 bits per heavy atom. The topological polar surface area (TPSA) is 74.2 Å². The molecule has 0 bridgehead atoms. The minimum absolute atomic E-state index is 0.149. The van der Waals surface area contributed by atoms with Crippen LogP contribution in [0.25, 0.3) is 0 Å². The number of aliphatic imine (C=N–C) groups is 1. The Balaban J connectivity index is 1.95. The summed E-state index contributed by atoms with van der Waals surface area (Å²) in [5.41, 5.74) is 1.09. The zero-order valence-electron chi connectivity index (χ0n) is 17.0. The second kappa shape index (κ2) is 8.93. The van der Waals surface area contributed by atoms with Crippen LogP contribution in [0.15, 0.2) is 29.3 Å². The van der Waals surface area contributed by atoms with Gasteiger partial charge in [0.2, 0.25) is 0 Å². The van der Waals surface area contributed by atoms with Crippen molar-refractivity contribution in [3.05, 3.63) is 29.8 Å². The maximum absolute atomic E-state index is 12.2. The Hall–Kier alpha value is -1.80. The summed E-state index contributed by atoms with van der Waals surface area (Å²) < 4.78 is 29.4. The third-order valence-electron chi connectivity index (χ3n) is 4.71. The molecule has 0 spiro atoms. The second-order valence-electron chi connectivity index (χ2n) is 7.70. The predicted octanol–water partition coefficient (Wildman–Crippen LogP) is 1.21. The number of nitrogens with one attached hydrogen (secondary N) is 1. The predicted molar refractivity (Wildman–Crippen MR) is 110 cm³/mol. The minimum Gasteiger partial charge on any atom is -0.492 e. The molecule has 1 aromatic rings. The highest BCUT2D eigenvalue weighted by Crippen LogP contribution is 2.23. The zero-order chi connectivity index (χ0) is 20.1. The third kappa shape index (κ3) is 5.84. The number of hydrogen-bond donors (Lipinski definition) is 1. The van der Waals surface area contributed by atoms with Crippen LogP contribution in [-0.4, -0.2) is 82.1 Å². The molecule has 8 heteroatoms. The smallest absolute Gasteiger partial charge is 0.193 e. The van der Waals surface area contributed by atoms with Gasteiger partial charge >= 0.3 is 0 Å². The molecule has 0 radical (unpaired) electrons. The summed E-state index contributed by atoms with van der Waals surface area (Å²) >= 11 is 0. The molecule has 7 nitrogen and oxygen atoms in total. The Kier molecular flexibility index (Phi) is 7.11. The molecule has 1 heterocycles. The van der Waals surface area contributed by atoms with Gasteiger partial charge in [-0.3, -0.25) is 4.99 Å². The van der Waals surface area contributed by atoms with Gasteiger partial charge in [-0.2, -0.15) is 0 Å². The summed E-state index contributed by atoms with van der Waals surface area (Å²) in [7, 11) is 2.69. The fraction of sp³-hybridized carbons (Fsp3) is 0.632. The number of likely N-dealkylation sites (N-methyl/N-ethyl adjacent to an activating group) is 1. The first-order valence-electron chi connectivity index (χ1n) is 9.19. The van der Waals surface area contributed by atoms with E-state index in [1.807, 2.05) is 43.3 Å². The molecular weight excluding hydrogens is 364 g/mol. The highest BCUT2D eigenvalue weighted by atomic mass is 32.2. The minimum atomic E-state index is -3.07. The lowest BCUT2D eigenvalue weighted by Gasteiger charge is -2.39. The summed E-state index contributed by atoms with van der Waals surface area (Å²) in [4.78, 5) is 8.42. The molecule has 0 saturated carbocycles.